The van der Waals surface area contributed by atoms with Gasteiger partial charge < -0.3 is 63.1 Å². The van der Waals surface area contributed by atoms with Gasteiger partial charge in [0.1, 0.15) is 0 Å². The topological polar surface area (TPSA) is 235 Å². The first-order chi connectivity index (χ1) is 15.2. The number of hydrogen-bond donors (Lipinski definition) is 3. The number of amides is 5. The van der Waals surface area contributed by atoms with E-state index in [0.29, 0.717) is 0 Å². The number of aliphatic hydroxyl groups excluding tert-OH is 3. The van der Waals surface area contributed by atoms with E-state index in [1.807, 2.05) is 0 Å². The molecule has 1 saturated heterocycles. The predicted octanol–water partition coefficient (Wildman–Crippen LogP) is -3.20. The first-order valence-corrected chi connectivity index (χ1v) is 9.88. The second-order valence-electron chi connectivity index (χ2n) is 5.69. The van der Waals surface area contributed by atoms with E-state index in [1.54, 1.807) is 0 Å². The molecule has 3 atom stereocenters. The van der Waals surface area contributed by atoms with Gasteiger partial charge in [-0.1, -0.05) is 0 Å². The molecular weight excluding hydrogens is 542 g/mol. The number of hydrogen-bond acceptors (Lipinski definition) is 12. The average Bonchev–Trinajstić information content (AvgIpc) is 3.11. The molecule has 177 valence electrons. The van der Waals surface area contributed by atoms with E-state index in [-0.39, 0.29) is 17.9 Å². The van der Waals surface area contributed by atoms with Gasteiger partial charge >= 0.3 is 28.3 Å². The predicted molar refractivity (Wildman–Crippen MR) is 97.8 cm³/mol. The summed E-state index contributed by atoms with van der Waals surface area (Å²) in [6, 6.07) is -5.36. The zero-order valence-electron chi connectivity index (χ0n) is 16.2. The molecule has 0 aliphatic carbocycles. The first kappa shape index (κ1) is 29.7. The number of hydroxylamine groups is 2. The molecule has 1 aliphatic heterocycles. The fourth-order valence-corrected chi connectivity index (χ4v) is 2.09. The van der Waals surface area contributed by atoms with Gasteiger partial charge in [0, 0.05) is 56.4 Å². The summed E-state index contributed by atoms with van der Waals surface area (Å²) in [6.07, 6.45) is -0.352. The van der Waals surface area contributed by atoms with Crippen molar-refractivity contribution < 1.29 is 71.3 Å². The number of rotatable bonds is 11. The Hall–Kier alpha value is -2.30. The SMILES string of the molecule is O=C(C[S-])[N-]C(CO)C(=O)[N-]C(CO)C(=O)[N-]C(CO)C(=O)ON1C(=O)CCC1=O.[O]=[Tc+4]. The standard InChI is InChI=1S/C15H22N4O10S.O.Tc/c20-3-7(16-10(23)6-30)13(26)17-8(4-21)14(27)18-9(5-22)15(28)29-19-11(24)1-2-12(19)25;;/h7-9,20-22H,1-6H2,(H4,16,17,18,23,26,27,30);;/q;;+4/p-4. The van der Waals surface area contributed by atoms with Gasteiger partial charge in [0.2, 0.25) is 0 Å². The minimum atomic E-state index is -1.88. The van der Waals surface area contributed by atoms with Crippen molar-refractivity contribution in [2.75, 3.05) is 25.6 Å². The van der Waals surface area contributed by atoms with Crippen LogP contribution < -0.4 is 0 Å². The zero-order chi connectivity index (χ0) is 24.8. The molecule has 1 fully saturated rings. The Bertz CT molecular complexity index is 709. The van der Waals surface area contributed by atoms with Crippen LogP contribution in [0.1, 0.15) is 12.8 Å². The van der Waals surface area contributed by atoms with E-state index >= 15 is 0 Å². The molecular formula is C15H18N4O11STc. The van der Waals surface area contributed by atoms with Crippen LogP contribution in [0.2, 0.25) is 0 Å². The Balaban J connectivity index is 0.00000466. The van der Waals surface area contributed by atoms with Gasteiger partial charge in [0.15, 0.2) is 0 Å². The molecule has 0 saturated carbocycles. The Morgan fingerprint density at radius 3 is 1.69 bits per heavy atom. The van der Waals surface area contributed by atoms with Gasteiger partial charge in [-0.2, -0.15) is 0 Å². The second-order valence-corrected chi connectivity index (χ2v) is 5.98. The van der Waals surface area contributed by atoms with Crippen molar-refractivity contribution in [3.8, 4) is 0 Å². The van der Waals surface area contributed by atoms with Gasteiger partial charge in [0.05, 0.1) is 0 Å². The van der Waals surface area contributed by atoms with Crippen LogP contribution >= 0.6 is 0 Å². The summed E-state index contributed by atoms with van der Waals surface area (Å²) in [5.41, 5.74) is 0. The van der Waals surface area contributed by atoms with Gasteiger partial charge in [-0.3, -0.25) is 14.4 Å². The molecule has 0 aromatic rings. The normalized spacial score (nSPS) is 15.6. The number of aliphatic hydroxyl groups is 3. The van der Waals surface area contributed by atoms with Crippen molar-refractivity contribution >= 4 is 48.1 Å². The van der Waals surface area contributed by atoms with Crippen LogP contribution in [0.5, 0.6) is 0 Å². The van der Waals surface area contributed by atoms with E-state index in [4.69, 9.17) is 8.61 Å². The molecule has 0 radical (unpaired) electrons. The van der Waals surface area contributed by atoms with Crippen LogP contribution in [0, 0.1) is 0 Å². The monoisotopic (exact) mass is 559 g/mol. The summed E-state index contributed by atoms with van der Waals surface area (Å²) < 4.78 is 8.22. The Kier molecular flexibility index (Phi) is 14.4. The van der Waals surface area contributed by atoms with Crippen LogP contribution in [-0.2, 0) is 68.6 Å². The van der Waals surface area contributed by atoms with Crippen LogP contribution in [0.3, 0.4) is 0 Å². The van der Waals surface area contributed by atoms with Gasteiger partial charge in [0.25, 0.3) is 11.8 Å². The summed E-state index contributed by atoms with van der Waals surface area (Å²) in [5, 5.41) is 37.7. The van der Waals surface area contributed by atoms with Crippen molar-refractivity contribution in [1.29, 1.82) is 0 Å². The summed E-state index contributed by atoms with van der Waals surface area (Å²) >= 11 is 5.34. The molecule has 5 amide bonds. The van der Waals surface area contributed by atoms with Crippen LogP contribution in [0.25, 0.3) is 16.0 Å². The molecule has 0 aromatic heterocycles. The fourth-order valence-electron chi connectivity index (χ4n) is 2.02. The number of carbonyl (C=O) groups excluding carboxylic acids is 6. The molecule has 1 aliphatic rings. The number of nitrogens with zero attached hydrogens (tertiary/aromatic N) is 4. The van der Waals surface area contributed by atoms with Crippen molar-refractivity contribution in [2.45, 2.75) is 31.0 Å². The molecule has 0 aromatic carbocycles. The first-order valence-electron chi connectivity index (χ1n) is 8.55. The summed E-state index contributed by atoms with van der Waals surface area (Å²) in [7, 11) is 0. The third kappa shape index (κ3) is 9.05. The zero-order valence-corrected chi connectivity index (χ0v) is 18.8. The molecule has 1 rings (SSSR count). The van der Waals surface area contributed by atoms with Crippen molar-refractivity contribution in [1.82, 2.24) is 5.06 Å². The molecule has 0 bridgehead atoms. The molecule has 17 heteroatoms. The van der Waals surface area contributed by atoms with Crippen molar-refractivity contribution in [3.63, 3.8) is 0 Å². The minimum absolute atomic E-state index is 0.176. The van der Waals surface area contributed by atoms with E-state index in [9.17, 15) is 39.0 Å². The molecule has 32 heavy (non-hydrogen) atoms. The molecule has 0 spiro atoms. The molecule has 3 N–H and O–H groups in total. The summed E-state index contributed by atoms with van der Waals surface area (Å²) in [6.45, 7) is -3.03. The van der Waals surface area contributed by atoms with Crippen LogP contribution in [0.4, 0.5) is 0 Å². The van der Waals surface area contributed by atoms with E-state index in [1.165, 1.54) is 0 Å². The van der Waals surface area contributed by atoms with Crippen LogP contribution in [0.15, 0.2) is 0 Å². The summed E-state index contributed by atoms with van der Waals surface area (Å²) in [5.74, 6) is -6.88. The number of carbonyl (C=O) groups is 6. The quantitative estimate of drug-likeness (QED) is 0.167. The van der Waals surface area contributed by atoms with Crippen molar-refractivity contribution in [2.24, 2.45) is 0 Å². The molecule has 3 unspecified atom stereocenters. The molecule has 1 heterocycles. The Morgan fingerprint density at radius 1 is 0.875 bits per heavy atom. The third-order valence-corrected chi connectivity index (χ3v) is 3.78. The third-order valence-electron chi connectivity index (χ3n) is 3.54. The molecule has 15 nitrogen and oxygen atoms in total. The summed E-state index contributed by atoms with van der Waals surface area (Å²) in [4.78, 5) is 74.6. The van der Waals surface area contributed by atoms with E-state index in [2.05, 4.69) is 33.4 Å². The van der Waals surface area contributed by atoms with Crippen LogP contribution in [-0.4, -0.2) is 99.6 Å². The maximum absolute atomic E-state index is 12.1. The van der Waals surface area contributed by atoms with E-state index < -0.39 is 79.2 Å². The van der Waals surface area contributed by atoms with E-state index in [0.717, 1.165) is 18.9 Å². The van der Waals surface area contributed by atoms with Gasteiger partial charge in [-0.15, -0.1) is 10.8 Å². The Labute approximate surface area is 197 Å². The Morgan fingerprint density at radius 2 is 1.28 bits per heavy atom. The van der Waals surface area contributed by atoms with Crippen molar-refractivity contribution in [3.05, 3.63) is 16.0 Å². The number of imide groups is 1. The average molecular weight is 560 g/mol. The second kappa shape index (κ2) is 15.5. The van der Waals surface area contributed by atoms with Gasteiger partial charge in [-0.05, 0) is 12.1 Å². The fraction of sp³-hybridized carbons (Fsp3) is 0.600. The van der Waals surface area contributed by atoms with Gasteiger partial charge in [-0.25, -0.2) is 0 Å². The maximum atomic E-state index is 12.1.